The molecule has 1 N–H and O–H groups in total. The molecule has 4 rings (SSSR count). The van der Waals surface area contributed by atoms with E-state index in [2.05, 4.69) is 25.0 Å². The third kappa shape index (κ3) is 2.92. The van der Waals surface area contributed by atoms with Gasteiger partial charge in [-0.25, -0.2) is 4.98 Å². The van der Waals surface area contributed by atoms with E-state index in [9.17, 15) is 0 Å². The number of hydrogen-bond donors (Lipinski definition) is 1. The Balaban J connectivity index is 1.38. The highest BCUT2D eigenvalue weighted by Crippen LogP contribution is 2.33. The summed E-state index contributed by atoms with van der Waals surface area (Å²) in [5, 5.41) is 4.19. The molecule has 2 aromatic heterocycles. The van der Waals surface area contributed by atoms with Gasteiger partial charge in [-0.2, -0.15) is 4.98 Å². The molecule has 6 nitrogen and oxygen atoms in total. The second kappa shape index (κ2) is 6.20. The zero-order valence-electron chi connectivity index (χ0n) is 12.9. The van der Waals surface area contributed by atoms with E-state index in [0.29, 0.717) is 11.8 Å². The molecule has 0 radical (unpaired) electrons. The SMILES string of the molecule is c1c[nH]c(C2CCCN(Cc3noc(C4CCCC4)n3)C2)n1. The molecule has 2 aromatic rings. The largest absolute Gasteiger partial charge is 0.348 e. The predicted molar refractivity (Wildman–Crippen MR) is 81.3 cm³/mol. The van der Waals surface area contributed by atoms with Crippen LogP contribution < -0.4 is 0 Å². The molecular formula is C16H23N5O. The zero-order chi connectivity index (χ0) is 14.8. The molecule has 118 valence electrons. The highest BCUT2D eigenvalue weighted by molar-refractivity contribution is 5.01. The fourth-order valence-corrected chi connectivity index (χ4v) is 3.79. The standard InChI is InChI=1S/C16H23N5O/c1-2-5-12(4-1)16-19-14(20-22-16)11-21-9-3-6-13(10-21)15-17-7-8-18-15/h7-8,12-13H,1-6,9-11H2,(H,17,18). The number of aromatic amines is 1. The fourth-order valence-electron chi connectivity index (χ4n) is 3.79. The summed E-state index contributed by atoms with van der Waals surface area (Å²) in [4.78, 5) is 14.7. The number of nitrogens with one attached hydrogen (secondary N) is 1. The number of nitrogens with zero attached hydrogens (tertiary/aromatic N) is 4. The molecule has 0 spiro atoms. The molecule has 1 unspecified atom stereocenters. The van der Waals surface area contributed by atoms with Crippen LogP contribution in [0.15, 0.2) is 16.9 Å². The van der Waals surface area contributed by atoms with Crippen molar-refractivity contribution in [3.8, 4) is 0 Å². The number of imidazole rings is 1. The molecule has 1 saturated carbocycles. The van der Waals surface area contributed by atoms with E-state index in [0.717, 1.165) is 37.2 Å². The Morgan fingerprint density at radius 3 is 2.86 bits per heavy atom. The quantitative estimate of drug-likeness (QED) is 0.940. The van der Waals surface area contributed by atoms with Gasteiger partial charge in [0.25, 0.3) is 0 Å². The summed E-state index contributed by atoms with van der Waals surface area (Å²) < 4.78 is 5.48. The molecule has 1 saturated heterocycles. The van der Waals surface area contributed by atoms with Crippen molar-refractivity contribution in [1.82, 2.24) is 25.0 Å². The smallest absolute Gasteiger partial charge is 0.229 e. The molecule has 2 fully saturated rings. The number of piperidine rings is 1. The van der Waals surface area contributed by atoms with Crippen molar-refractivity contribution in [2.45, 2.75) is 56.9 Å². The van der Waals surface area contributed by atoms with E-state index in [-0.39, 0.29) is 0 Å². The molecule has 1 aliphatic carbocycles. The van der Waals surface area contributed by atoms with Crippen molar-refractivity contribution in [1.29, 1.82) is 0 Å². The van der Waals surface area contributed by atoms with Crippen LogP contribution in [0.5, 0.6) is 0 Å². The number of H-pyrrole nitrogens is 1. The lowest BCUT2D eigenvalue weighted by molar-refractivity contribution is 0.190. The molecule has 22 heavy (non-hydrogen) atoms. The maximum atomic E-state index is 5.48. The van der Waals surface area contributed by atoms with Crippen LogP contribution in [0.25, 0.3) is 0 Å². The van der Waals surface area contributed by atoms with Gasteiger partial charge in [0.05, 0.1) is 6.54 Å². The van der Waals surface area contributed by atoms with Gasteiger partial charge in [0, 0.05) is 30.8 Å². The Morgan fingerprint density at radius 1 is 1.18 bits per heavy atom. The fraction of sp³-hybridized carbons (Fsp3) is 0.688. The topological polar surface area (TPSA) is 70.8 Å². The molecule has 6 heteroatoms. The molecule has 0 amide bonds. The molecule has 2 aliphatic rings. The Bertz CT molecular complexity index is 587. The second-order valence-corrected chi connectivity index (χ2v) is 6.58. The maximum Gasteiger partial charge on any atom is 0.229 e. The predicted octanol–water partition coefficient (Wildman–Crippen LogP) is 2.83. The second-order valence-electron chi connectivity index (χ2n) is 6.58. The number of aromatic nitrogens is 4. The van der Waals surface area contributed by atoms with Gasteiger partial charge in [-0.3, -0.25) is 4.90 Å². The first-order chi connectivity index (χ1) is 10.9. The first kappa shape index (κ1) is 13.9. The van der Waals surface area contributed by atoms with Crippen LogP contribution in [-0.2, 0) is 6.54 Å². The van der Waals surface area contributed by atoms with Gasteiger partial charge in [-0.05, 0) is 32.2 Å². The average Bonchev–Trinajstić information content (AvgIpc) is 3.29. The summed E-state index contributed by atoms with van der Waals surface area (Å²) in [5.74, 6) is 3.78. The van der Waals surface area contributed by atoms with Crippen molar-refractivity contribution in [2.75, 3.05) is 13.1 Å². The van der Waals surface area contributed by atoms with E-state index < -0.39 is 0 Å². The van der Waals surface area contributed by atoms with E-state index >= 15 is 0 Å². The van der Waals surface area contributed by atoms with Gasteiger partial charge in [0.2, 0.25) is 5.89 Å². The Kier molecular flexibility index (Phi) is 3.93. The van der Waals surface area contributed by atoms with E-state index in [1.807, 2.05) is 12.4 Å². The Morgan fingerprint density at radius 2 is 2.05 bits per heavy atom. The lowest BCUT2D eigenvalue weighted by Crippen LogP contribution is -2.34. The van der Waals surface area contributed by atoms with Gasteiger partial charge in [-0.1, -0.05) is 18.0 Å². The lowest BCUT2D eigenvalue weighted by atomic mass is 9.97. The third-order valence-electron chi connectivity index (χ3n) is 4.96. The van der Waals surface area contributed by atoms with Crippen molar-refractivity contribution < 1.29 is 4.52 Å². The zero-order valence-corrected chi connectivity index (χ0v) is 12.9. The number of likely N-dealkylation sites (tertiary alicyclic amines) is 1. The minimum absolute atomic E-state index is 0.491. The Labute approximate surface area is 130 Å². The van der Waals surface area contributed by atoms with Crippen LogP contribution in [0.2, 0.25) is 0 Å². The van der Waals surface area contributed by atoms with Gasteiger partial charge >= 0.3 is 0 Å². The first-order valence-electron chi connectivity index (χ1n) is 8.42. The van der Waals surface area contributed by atoms with Crippen molar-refractivity contribution in [2.24, 2.45) is 0 Å². The van der Waals surface area contributed by atoms with Crippen LogP contribution in [-0.4, -0.2) is 38.1 Å². The van der Waals surface area contributed by atoms with Crippen LogP contribution in [0.3, 0.4) is 0 Å². The molecule has 1 atom stereocenters. The summed E-state index contributed by atoms with van der Waals surface area (Å²) in [6, 6.07) is 0. The summed E-state index contributed by atoms with van der Waals surface area (Å²) >= 11 is 0. The Hall–Kier alpha value is -1.69. The number of hydrogen-bond acceptors (Lipinski definition) is 5. The van der Waals surface area contributed by atoms with Crippen LogP contribution in [0.4, 0.5) is 0 Å². The molecule has 1 aliphatic heterocycles. The average molecular weight is 301 g/mol. The van der Waals surface area contributed by atoms with E-state index in [1.54, 1.807) is 0 Å². The van der Waals surface area contributed by atoms with Gasteiger partial charge in [0.15, 0.2) is 5.82 Å². The minimum Gasteiger partial charge on any atom is -0.348 e. The monoisotopic (exact) mass is 301 g/mol. The summed E-state index contributed by atoms with van der Waals surface area (Å²) in [5.41, 5.74) is 0. The molecular weight excluding hydrogens is 278 g/mol. The van der Waals surface area contributed by atoms with Crippen LogP contribution in [0.1, 0.15) is 67.9 Å². The lowest BCUT2D eigenvalue weighted by Gasteiger charge is -2.30. The summed E-state index contributed by atoms with van der Waals surface area (Å²) in [6.45, 7) is 2.90. The highest BCUT2D eigenvalue weighted by Gasteiger charge is 2.26. The van der Waals surface area contributed by atoms with Gasteiger partial charge in [-0.15, -0.1) is 0 Å². The van der Waals surface area contributed by atoms with Crippen molar-refractivity contribution in [3.05, 3.63) is 29.9 Å². The van der Waals surface area contributed by atoms with E-state index in [4.69, 9.17) is 4.52 Å². The summed E-state index contributed by atoms with van der Waals surface area (Å²) in [6.07, 6.45) is 11.1. The molecule has 3 heterocycles. The number of rotatable bonds is 4. The first-order valence-corrected chi connectivity index (χ1v) is 8.42. The third-order valence-corrected chi connectivity index (χ3v) is 4.96. The maximum absolute atomic E-state index is 5.48. The van der Waals surface area contributed by atoms with E-state index in [1.165, 1.54) is 38.5 Å². The molecule has 0 aromatic carbocycles. The van der Waals surface area contributed by atoms with Crippen LogP contribution in [0, 0.1) is 0 Å². The van der Waals surface area contributed by atoms with Gasteiger partial charge in [0.1, 0.15) is 5.82 Å². The van der Waals surface area contributed by atoms with Gasteiger partial charge < -0.3 is 9.51 Å². The molecule has 0 bridgehead atoms. The van der Waals surface area contributed by atoms with Crippen LogP contribution >= 0.6 is 0 Å². The minimum atomic E-state index is 0.491. The normalized spacial score (nSPS) is 24.1. The van der Waals surface area contributed by atoms with Crippen molar-refractivity contribution in [3.63, 3.8) is 0 Å². The highest BCUT2D eigenvalue weighted by atomic mass is 16.5. The summed E-state index contributed by atoms with van der Waals surface area (Å²) in [7, 11) is 0. The van der Waals surface area contributed by atoms with Crippen molar-refractivity contribution >= 4 is 0 Å².